The van der Waals surface area contributed by atoms with E-state index in [-0.39, 0.29) is 34.5 Å². The first kappa shape index (κ1) is 21.5. The fourth-order valence-corrected chi connectivity index (χ4v) is 3.61. The van der Waals surface area contributed by atoms with E-state index in [4.69, 9.17) is 0 Å². The number of nitrogens with zero attached hydrogens (tertiary/aromatic N) is 2. The smallest absolute Gasteiger partial charge is 0.217 e. The van der Waals surface area contributed by atoms with Gasteiger partial charge in [-0.15, -0.1) is 0 Å². The van der Waals surface area contributed by atoms with Gasteiger partial charge in [-0.2, -0.15) is 0 Å². The largest absolute Gasteiger partial charge is 0.264 e. The van der Waals surface area contributed by atoms with Crippen LogP contribution in [0.4, 0.5) is 0 Å². The molecule has 0 aromatic heterocycles. The van der Waals surface area contributed by atoms with Gasteiger partial charge in [0.1, 0.15) is 0 Å². The number of benzene rings is 2. The van der Waals surface area contributed by atoms with Gasteiger partial charge in [-0.1, -0.05) is 60.7 Å². The zero-order chi connectivity index (χ0) is 20.9. The summed E-state index contributed by atoms with van der Waals surface area (Å²) in [6, 6.07) is 19.2. The van der Waals surface area contributed by atoms with E-state index in [1.54, 1.807) is 27.7 Å². The van der Waals surface area contributed by atoms with Gasteiger partial charge >= 0.3 is 0 Å². The molecule has 0 aliphatic carbocycles. The fraction of sp³-hybridized carbons (Fsp3) is 0.455. The molecule has 150 valence electrons. The summed E-state index contributed by atoms with van der Waals surface area (Å²) in [5.74, 6) is -0.438. The van der Waals surface area contributed by atoms with Gasteiger partial charge in [0.25, 0.3) is 0 Å². The summed E-state index contributed by atoms with van der Waals surface area (Å²) in [6.45, 7) is 6.46. The maximum absolute atomic E-state index is 11.6. The van der Waals surface area contributed by atoms with Crippen LogP contribution in [0.2, 0.25) is 0 Å². The Bertz CT molecular complexity index is 734. The predicted octanol–water partition coefficient (Wildman–Crippen LogP) is 5.44. The van der Waals surface area contributed by atoms with Crippen LogP contribution < -0.4 is 0 Å². The Kier molecular flexibility index (Phi) is 6.54. The van der Waals surface area contributed by atoms with Crippen molar-refractivity contribution in [2.45, 2.75) is 63.5 Å². The summed E-state index contributed by atoms with van der Waals surface area (Å²) in [6.07, 6.45) is 0.578. The van der Waals surface area contributed by atoms with Crippen LogP contribution in [0.15, 0.2) is 60.7 Å². The highest BCUT2D eigenvalue weighted by Gasteiger charge is 2.42. The zero-order valence-electron chi connectivity index (χ0n) is 16.9. The maximum atomic E-state index is 11.6. The first-order chi connectivity index (χ1) is 13.0. The SMILES string of the molecule is CC(C)(CC(c1ccccc1)C(CC(C)(C)[N+](=O)[O-])c1ccccc1)[N+](=O)[O-]. The predicted molar refractivity (Wildman–Crippen MR) is 110 cm³/mol. The minimum Gasteiger partial charge on any atom is -0.264 e. The molecule has 0 aliphatic heterocycles. The van der Waals surface area contributed by atoms with E-state index in [0.717, 1.165) is 11.1 Å². The molecule has 0 fully saturated rings. The van der Waals surface area contributed by atoms with Crippen LogP contribution in [0.3, 0.4) is 0 Å². The Hall–Kier alpha value is -2.76. The van der Waals surface area contributed by atoms with Crippen molar-refractivity contribution in [1.82, 2.24) is 0 Å². The summed E-state index contributed by atoms with van der Waals surface area (Å²) >= 11 is 0. The van der Waals surface area contributed by atoms with Gasteiger partial charge < -0.3 is 0 Å². The minimum atomic E-state index is -1.15. The number of nitro groups is 2. The molecule has 6 nitrogen and oxygen atoms in total. The molecule has 0 saturated carbocycles. The van der Waals surface area contributed by atoms with Crippen LogP contribution in [0.25, 0.3) is 0 Å². The maximum Gasteiger partial charge on any atom is 0.217 e. The van der Waals surface area contributed by atoms with Crippen molar-refractivity contribution in [3.63, 3.8) is 0 Å². The molecule has 6 heteroatoms. The van der Waals surface area contributed by atoms with Gasteiger partial charge in [0, 0.05) is 50.4 Å². The first-order valence-electron chi connectivity index (χ1n) is 9.43. The van der Waals surface area contributed by atoms with Gasteiger partial charge in [-0.3, -0.25) is 20.2 Å². The van der Waals surface area contributed by atoms with E-state index in [2.05, 4.69) is 0 Å². The highest BCUT2D eigenvalue weighted by Crippen LogP contribution is 2.44. The zero-order valence-corrected chi connectivity index (χ0v) is 16.9. The Balaban J connectivity index is 2.57. The van der Waals surface area contributed by atoms with Crippen LogP contribution >= 0.6 is 0 Å². The van der Waals surface area contributed by atoms with Crippen LogP contribution in [-0.2, 0) is 0 Å². The Morgan fingerprint density at radius 1 is 0.679 bits per heavy atom. The first-order valence-corrected chi connectivity index (χ1v) is 9.43. The quantitative estimate of drug-likeness (QED) is 0.425. The van der Waals surface area contributed by atoms with Crippen molar-refractivity contribution in [1.29, 1.82) is 0 Å². The molecule has 0 bridgehead atoms. The second-order valence-corrected chi connectivity index (χ2v) is 8.58. The molecule has 2 atom stereocenters. The topological polar surface area (TPSA) is 86.3 Å². The van der Waals surface area contributed by atoms with Crippen LogP contribution in [0.1, 0.15) is 63.5 Å². The lowest BCUT2D eigenvalue weighted by atomic mass is 9.71. The van der Waals surface area contributed by atoms with E-state index in [9.17, 15) is 20.2 Å². The highest BCUT2D eigenvalue weighted by molar-refractivity contribution is 5.29. The molecule has 2 unspecified atom stereocenters. The van der Waals surface area contributed by atoms with E-state index >= 15 is 0 Å². The van der Waals surface area contributed by atoms with Crippen molar-refractivity contribution in [2.75, 3.05) is 0 Å². The average Bonchev–Trinajstić information content (AvgIpc) is 2.65. The molecule has 2 aromatic carbocycles. The van der Waals surface area contributed by atoms with Crippen molar-refractivity contribution in [3.05, 3.63) is 92.0 Å². The third-order valence-electron chi connectivity index (χ3n) is 5.37. The summed E-state index contributed by atoms with van der Waals surface area (Å²) in [5.41, 5.74) is -0.366. The molecule has 0 amide bonds. The van der Waals surface area contributed by atoms with Gasteiger partial charge in [-0.25, -0.2) is 0 Å². The lowest BCUT2D eigenvalue weighted by molar-refractivity contribution is -0.565. The van der Waals surface area contributed by atoms with Crippen molar-refractivity contribution in [2.24, 2.45) is 0 Å². The molecule has 0 saturated heterocycles. The third kappa shape index (κ3) is 5.15. The Morgan fingerprint density at radius 2 is 0.964 bits per heavy atom. The molecular formula is C22H28N2O4. The normalized spacial score (nSPS) is 14.3. The van der Waals surface area contributed by atoms with Crippen molar-refractivity contribution < 1.29 is 9.85 Å². The fourth-order valence-electron chi connectivity index (χ4n) is 3.61. The molecule has 0 radical (unpaired) electrons. The summed E-state index contributed by atoms with van der Waals surface area (Å²) in [5, 5.41) is 23.3. The molecule has 2 rings (SSSR count). The molecule has 0 spiro atoms. The number of rotatable bonds is 9. The summed E-state index contributed by atoms with van der Waals surface area (Å²) < 4.78 is 0. The third-order valence-corrected chi connectivity index (χ3v) is 5.37. The Labute approximate surface area is 165 Å². The van der Waals surface area contributed by atoms with Crippen LogP contribution in [0.5, 0.6) is 0 Å². The second-order valence-electron chi connectivity index (χ2n) is 8.58. The summed E-state index contributed by atoms with van der Waals surface area (Å²) in [4.78, 5) is 22.8. The second kappa shape index (κ2) is 8.50. The number of hydrogen-bond acceptors (Lipinski definition) is 4. The van der Waals surface area contributed by atoms with Gasteiger partial charge in [0.2, 0.25) is 11.1 Å². The van der Waals surface area contributed by atoms with Crippen LogP contribution in [0, 0.1) is 20.2 Å². The minimum absolute atomic E-state index is 0.219. The van der Waals surface area contributed by atoms with E-state index in [1.807, 2.05) is 60.7 Å². The Morgan fingerprint density at radius 3 is 1.21 bits per heavy atom. The lowest BCUT2D eigenvalue weighted by Gasteiger charge is -2.33. The average molecular weight is 384 g/mol. The van der Waals surface area contributed by atoms with E-state index in [1.165, 1.54) is 0 Å². The van der Waals surface area contributed by atoms with E-state index < -0.39 is 11.1 Å². The van der Waals surface area contributed by atoms with Crippen molar-refractivity contribution in [3.8, 4) is 0 Å². The monoisotopic (exact) mass is 384 g/mol. The number of hydrogen-bond donors (Lipinski definition) is 0. The standard InChI is InChI=1S/C22H28N2O4/c1-21(2,23(25)26)15-19(17-11-7-5-8-12-17)20(16-22(3,4)24(27)28)18-13-9-6-10-14-18/h5-14,19-20H,15-16H2,1-4H3. The molecule has 28 heavy (non-hydrogen) atoms. The molecule has 0 heterocycles. The van der Waals surface area contributed by atoms with Gasteiger partial charge in [0.15, 0.2) is 0 Å². The molecular weight excluding hydrogens is 356 g/mol. The van der Waals surface area contributed by atoms with Crippen molar-refractivity contribution >= 4 is 0 Å². The lowest BCUT2D eigenvalue weighted by Crippen LogP contribution is -2.38. The van der Waals surface area contributed by atoms with E-state index in [0.29, 0.717) is 0 Å². The highest BCUT2D eigenvalue weighted by atomic mass is 16.6. The molecule has 0 aliphatic rings. The van der Waals surface area contributed by atoms with Crippen LogP contribution in [-0.4, -0.2) is 20.9 Å². The molecule has 0 N–H and O–H groups in total. The van der Waals surface area contributed by atoms with Gasteiger partial charge in [-0.05, 0) is 23.0 Å². The summed E-state index contributed by atoms with van der Waals surface area (Å²) in [7, 11) is 0. The van der Waals surface area contributed by atoms with Gasteiger partial charge in [0.05, 0.1) is 0 Å². The molecule has 2 aromatic rings.